The third-order valence-electron chi connectivity index (χ3n) is 4.14. The first-order valence-corrected chi connectivity index (χ1v) is 8.31. The highest BCUT2D eigenvalue weighted by molar-refractivity contribution is 6.20. The molecule has 3 unspecified atom stereocenters. The highest BCUT2D eigenvalue weighted by Gasteiger charge is 2.20. The summed E-state index contributed by atoms with van der Waals surface area (Å²) in [5, 5.41) is 0.00350. The second-order valence-electron chi connectivity index (χ2n) is 6.11. The highest BCUT2D eigenvalue weighted by Crippen LogP contribution is 2.36. The van der Waals surface area contributed by atoms with Gasteiger partial charge in [-0.25, -0.2) is 0 Å². The average molecular weight is 311 g/mol. The lowest BCUT2D eigenvalue weighted by Crippen LogP contribution is -2.12. The predicted octanol–water partition coefficient (Wildman–Crippen LogP) is 4.33. The first-order chi connectivity index (χ1) is 10.2. The monoisotopic (exact) mass is 310 g/mol. The van der Waals surface area contributed by atoms with Crippen molar-refractivity contribution in [2.45, 2.75) is 44.1 Å². The van der Waals surface area contributed by atoms with Gasteiger partial charge in [-0.05, 0) is 43.4 Å². The van der Waals surface area contributed by atoms with Crippen molar-refractivity contribution in [1.82, 2.24) is 0 Å². The molecule has 1 saturated heterocycles. The molecule has 21 heavy (non-hydrogen) atoms. The van der Waals surface area contributed by atoms with Gasteiger partial charge in [0.15, 0.2) is 11.5 Å². The van der Waals surface area contributed by atoms with Gasteiger partial charge in [0, 0.05) is 12.5 Å². The summed E-state index contributed by atoms with van der Waals surface area (Å²) in [6.45, 7) is 4.42. The highest BCUT2D eigenvalue weighted by atomic mass is 35.5. The van der Waals surface area contributed by atoms with Crippen LogP contribution in [-0.4, -0.2) is 25.9 Å². The van der Waals surface area contributed by atoms with Gasteiger partial charge in [0.1, 0.15) is 0 Å². The van der Waals surface area contributed by atoms with E-state index in [1.54, 1.807) is 0 Å². The Hall–Kier alpha value is -0.930. The van der Waals surface area contributed by atoms with Crippen molar-refractivity contribution in [3.05, 3.63) is 23.8 Å². The van der Waals surface area contributed by atoms with Gasteiger partial charge in [0.25, 0.3) is 0 Å². The summed E-state index contributed by atoms with van der Waals surface area (Å²) in [6, 6.07) is 6.05. The Bertz CT molecular complexity index is 471. The molecule has 1 aromatic carbocycles. The molecule has 4 heteroatoms. The molecule has 0 aliphatic carbocycles. The maximum absolute atomic E-state index is 6.54. The maximum atomic E-state index is 6.54. The Kier molecular flexibility index (Phi) is 4.91. The summed E-state index contributed by atoms with van der Waals surface area (Å²) in [7, 11) is 0. The minimum atomic E-state index is 0.00350. The lowest BCUT2D eigenvalue weighted by molar-refractivity contribution is 0.102. The average Bonchev–Trinajstić information content (AvgIpc) is 2.95. The second kappa shape index (κ2) is 6.89. The van der Waals surface area contributed by atoms with Crippen molar-refractivity contribution in [3.63, 3.8) is 0 Å². The maximum Gasteiger partial charge on any atom is 0.161 e. The molecule has 1 fully saturated rings. The van der Waals surface area contributed by atoms with Crippen LogP contribution in [0.1, 0.15) is 43.5 Å². The first-order valence-electron chi connectivity index (χ1n) is 7.87. The van der Waals surface area contributed by atoms with Crippen LogP contribution >= 0.6 is 11.6 Å². The van der Waals surface area contributed by atoms with Gasteiger partial charge in [-0.15, -0.1) is 11.6 Å². The van der Waals surface area contributed by atoms with E-state index in [4.69, 9.17) is 25.8 Å². The number of fused-ring (bicyclic) bond motifs is 1. The quantitative estimate of drug-likeness (QED) is 0.775. The zero-order valence-corrected chi connectivity index (χ0v) is 13.3. The van der Waals surface area contributed by atoms with Crippen molar-refractivity contribution in [1.29, 1.82) is 0 Å². The van der Waals surface area contributed by atoms with Crippen molar-refractivity contribution in [2.24, 2.45) is 5.92 Å². The number of hydrogen-bond acceptors (Lipinski definition) is 3. The minimum absolute atomic E-state index is 0.00350. The van der Waals surface area contributed by atoms with Crippen LogP contribution in [0.25, 0.3) is 0 Å². The van der Waals surface area contributed by atoms with Crippen molar-refractivity contribution in [3.8, 4) is 11.5 Å². The van der Waals surface area contributed by atoms with Crippen molar-refractivity contribution < 1.29 is 14.2 Å². The van der Waals surface area contributed by atoms with E-state index in [0.717, 1.165) is 36.5 Å². The molecule has 0 radical (unpaired) electrons. The Morgan fingerprint density at radius 1 is 1.24 bits per heavy atom. The topological polar surface area (TPSA) is 27.7 Å². The van der Waals surface area contributed by atoms with Crippen molar-refractivity contribution in [2.75, 3.05) is 19.8 Å². The summed E-state index contributed by atoms with van der Waals surface area (Å²) in [6.07, 6.45) is 4.71. The number of alkyl halides is 1. The standard InChI is InChI=1S/C17H23ClO3/c1-12-10-20-16-7-4-13(9-17(16)21-11-12)15(18)6-5-14-3-2-8-19-14/h4,7,9,12,14-15H,2-3,5-6,8,10-11H2,1H3. The molecular formula is C17H23ClO3. The van der Waals surface area contributed by atoms with Crippen LogP contribution in [0, 0.1) is 5.92 Å². The van der Waals surface area contributed by atoms with Gasteiger partial charge in [0.2, 0.25) is 0 Å². The molecule has 3 rings (SSSR count). The molecule has 2 aliphatic heterocycles. The Labute approximate surface area is 131 Å². The van der Waals surface area contributed by atoms with Crippen molar-refractivity contribution >= 4 is 11.6 Å². The smallest absolute Gasteiger partial charge is 0.161 e. The molecule has 0 aromatic heterocycles. The van der Waals surface area contributed by atoms with Crippen LogP contribution in [0.5, 0.6) is 11.5 Å². The van der Waals surface area contributed by atoms with Crippen LogP contribution in [-0.2, 0) is 4.74 Å². The second-order valence-corrected chi connectivity index (χ2v) is 6.64. The SMILES string of the molecule is CC1COc2ccc(C(Cl)CCC3CCCO3)cc2OC1. The fraction of sp³-hybridized carbons (Fsp3) is 0.647. The van der Waals surface area contributed by atoms with Crippen LogP contribution in [0.15, 0.2) is 18.2 Å². The van der Waals surface area contributed by atoms with Gasteiger partial charge < -0.3 is 14.2 Å². The molecule has 2 heterocycles. The third kappa shape index (κ3) is 3.83. The summed E-state index contributed by atoms with van der Waals surface area (Å²) in [4.78, 5) is 0. The van der Waals surface area contributed by atoms with Crippen LogP contribution in [0.2, 0.25) is 0 Å². The number of rotatable bonds is 4. The normalized spacial score (nSPS) is 26.4. The molecule has 0 N–H and O–H groups in total. The largest absolute Gasteiger partial charge is 0.489 e. The van der Waals surface area contributed by atoms with E-state index in [9.17, 15) is 0 Å². The lowest BCUT2D eigenvalue weighted by Gasteiger charge is -2.15. The zero-order chi connectivity index (χ0) is 14.7. The minimum Gasteiger partial charge on any atom is -0.489 e. The van der Waals surface area contributed by atoms with Crippen LogP contribution in [0.4, 0.5) is 0 Å². The van der Waals surface area contributed by atoms with E-state index in [-0.39, 0.29) is 5.38 Å². The Balaban J connectivity index is 1.62. The fourth-order valence-corrected chi connectivity index (χ4v) is 3.10. The van der Waals surface area contributed by atoms with Gasteiger partial charge in [0.05, 0.1) is 24.7 Å². The third-order valence-corrected chi connectivity index (χ3v) is 4.61. The van der Waals surface area contributed by atoms with E-state index in [2.05, 4.69) is 6.92 Å². The van der Waals surface area contributed by atoms with Gasteiger partial charge in [-0.3, -0.25) is 0 Å². The van der Waals surface area contributed by atoms with E-state index >= 15 is 0 Å². The van der Waals surface area contributed by atoms with E-state index in [0.29, 0.717) is 25.2 Å². The Morgan fingerprint density at radius 2 is 2.05 bits per heavy atom. The number of halogens is 1. The van der Waals surface area contributed by atoms with Crippen LogP contribution < -0.4 is 9.47 Å². The van der Waals surface area contributed by atoms with Gasteiger partial charge in [-0.1, -0.05) is 13.0 Å². The summed E-state index contributed by atoms with van der Waals surface area (Å²) in [5.74, 6) is 2.05. The lowest BCUT2D eigenvalue weighted by atomic mass is 10.0. The van der Waals surface area contributed by atoms with E-state index in [1.807, 2.05) is 18.2 Å². The predicted molar refractivity (Wildman–Crippen MR) is 83.4 cm³/mol. The summed E-state index contributed by atoms with van der Waals surface area (Å²) in [5.41, 5.74) is 1.10. The molecular weight excluding hydrogens is 288 g/mol. The number of hydrogen-bond donors (Lipinski definition) is 0. The van der Waals surface area contributed by atoms with E-state index in [1.165, 1.54) is 12.8 Å². The summed E-state index contributed by atoms with van der Waals surface area (Å²) < 4.78 is 17.2. The molecule has 0 bridgehead atoms. The molecule has 3 atom stereocenters. The molecule has 0 amide bonds. The first kappa shape index (κ1) is 15.0. The molecule has 0 spiro atoms. The molecule has 1 aromatic rings. The number of ether oxygens (including phenoxy) is 3. The molecule has 2 aliphatic rings. The van der Waals surface area contributed by atoms with Gasteiger partial charge in [-0.2, -0.15) is 0 Å². The van der Waals surface area contributed by atoms with E-state index < -0.39 is 0 Å². The Morgan fingerprint density at radius 3 is 2.81 bits per heavy atom. The molecule has 3 nitrogen and oxygen atoms in total. The molecule has 116 valence electrons. The summed E-state index contributed by atoms with van der Waals surface area (Å²) >= 11 is 6.54. The molecule has 0 saturated carbocycles. The van der Waals surface area contributed by atoms with Crippen LogP contribution in [0.3, 0.4) is 0 Å². The zero-order valence-electron chi connectivity index (χ0n) is 12.5. The van der Waals surface area contributed by atoms with Gasteiger partial charge >= 0.3 is 0 Å². The number of benzene rings is 1. The fourth-order valence-electron chi connectivity index (χ4n) is 2.83.